The summed E-state index contributed by atoms with van der Waals surface area (Å²) in [6.07, 6.45) is 5.81. The van der Waals surface area contributed by atoms with E-state index in [4.69, 9.17) is 0 Å². The molecule has 3 heterocycles. The highest BCUT2D eigenvalue weighted by molar-refractivity contribution is 7.99. The molecule has 0 unspecified atom stereocenters. The zero-order valence-electron chi connectivity index (χ0n) is 16.6. The third-order valence-corrected chi connectivity index (χ3v) is 6.12. The Labute approximate surface area is 175 Å². The van der Waals surface area contributed by atoms with Gasteiger partial charge in [-0.15, -0.1) is 10.2 Å². The summed E-state index contributed by atoms with van der Waals surface area (Å²) >= 11 is 1.47. The Balaban J connectivity index is 1.54. The fraction of sp³-hybridized carbons (Fsp3) is 0.364. The van der Waals surface area contributed by atoms with E-state index >= 15 is 0 Å². The molecule has 6 nitrogen and oxygen atoms in total. The molecule has 0 aliphatic carbocycles. The number of carbonyl (C=O) groups excluding carboxylic acids is 1. The van der Waals surface area contributed by atoms with Gasteiger partial charge in [-0.05, 0) is 36.5 Å². The van der Waals surface area contributed by atoms with Gasteiger partial charge in [0.15, 0.2) is 11.0 Å². The largest absolute Gasteiger partial charge is 0.342 e. The lowest BCUT2D eigenvalue weighted by Crippen LogP contribution is -2.40. The standard InChI is InChI=1S/C22H25N5OS/c1-17-6-5-13-26(14-17)20(28)16-29-22-25-24-21(19-9-11-23-12-10-19)27(22)15-18-7-3-2-4-8-18/h2-4,7-12,17H,5-6,13-16H2,1H3/t17-/m0/s1. The van der Waals surface area contributed by atoms with Gasteiger partial charge in [0.05, 0.1) is 12.3 Å². The van der Waals surface area contributed by atoms with E-state index < -0.39 is 0 Å². The summed E-state index contributed by atoms with van der Waals surface area (Å²) < 4.78 is 2.08. The summed E-state index contributed by atoms with van der Waals surface area (Å²) in [5.41, 5.74) is 2.13. The molecule has 3 aromatic rings. The van der Waals surface area contributed by atoms with Crippen molar-refractivity contribution in [2.45, 2.75) is 31.5 Å². The van der Waals surface area contributed by atoms with Crippen molar-refractivity contribution in [2.75, 3.05) is 18.8 Å². The van der Waals surface area contributed by atoms with Crippen molar-refractivity contribution in [3.8, 4) is 11.4 Å². The molecule has 0 spiro atoms. The van der Waals surface area contributed by atoms with Crippen LogP contribution in [0.15, 0.2) is 60.0 Å². The van der Waals surface area contributed by atoms with Crippen LogP contribution in [-0.4, -0.2) is 49.4 Å². The van der Waals surface area contributed by atoms with Gasteiger partial charge in [0.25, 0.3) is 0 Å². The second-order valence-corrected chi connectivity index (χ2v) is 8.43. The maximum atomic E-state index is 12.7. The second kappa shape index (κ2) is 9.22. The smallest absolute Gasteiger partial charge is 0.233 e. The number of carbonyl (C=O) groups is 1. The first-order valence-corrected chi connectivity index (χ1v) is 11.0. The molecule has 0 radical (unpaired) electrons. The molecule has 0 bridgehead atoms. The molecule has 29 heavy (non-hydrogen) atoms. The van der Waals surface area contributed by atoms with Gasteiger partial charge in [0, 0.05) is 31.0 Å². The van der Waals surface area contributed by atoms with E-state index in [0.29, 0.717) is 18.2 Å². The molecule has 1 fully saturated rings. The quantitative estimate of drug-likeness (QED) is 0.583. The molecule has 0 N–H and O–H groups in total. The highest BCUT2D eigenvalue weighted by atomic mass is 32.2. The Morgan fingerprint density at radius 3 is 2.69 bits per heavy atom. The molecule has 150 valence electrons. The number of amides is 1. The van der Waals surface area contributed by atoms with Crippen molar-refractivity contribution < 1.29 is 4.79 Å². The van der Waals surface area contributed by atoms with Crippen LogP contribution in [0.3, 0.4) is 0 Å². The zero-order valence-corrected chi connectivity index (χ0v) is 17.4. The predicted molar refractivity (Wildman–Crippen MR) is 114 cm³/mol. The summed E-state index contributed by atoms with van der Waals surface area (Å²) in [4.78, 5) is 18.8. The highest BCUT2D eigenvalue weighted by Gasteiger charge is 2.22. The molecule has 1 aromatic carbocycles. The fourth-order valence-corrected chi connectivity index (χ4v) is 4.49. The number of benzene rings is 1. The van der Waals surface area contributed by atoms with Crippen molar-refractivity contribution in [1.82, 2.24) is 24.6 Å². The third kappa shape index (κ3) is 4.85. The average molecular weight is 408 g/mol. The summed E-state index contributed by atoms with van der Waals surface area (Å²) in [6.45, 7) is 4.59. The van der Waals surface area contributed by atoms with Gasteiger partial charge in [0.2, 0.25) is 5.91 Å². The first-order chi connectivity index (χ1) is 14.2. The number of likely N-dealkylation sites (tertiary alicyclic amines) is 1. The van der Waals surface area contributed by atoms with Gasteiger partial charge < -0.3 is 4.90 Å². The van der Waals surface area contributed by atoms with Crippen LogP contribution in [0.4, 0.5) is 0 Å². The van der Waals surface area contributed by atoms with Gasteiger partial charge in [-0.2, -0.15) is 0 Å². The van der Waals surface area contributed by atoms with Crippen molar-refractivity contribution in [3.63, 3.8) is 0 Å². The van der Waals surface area contributed by atoms with Crippen LogP contribution < -0.4 is 0 Å². The molecule has 1 amide bonds. The summed E-state index contributed by atoms with van der Waals surface area (Å²) in [7, 11) is 0. The number of hydrogen-bond donors (Lipinski definition) is 0. The summed E-state index contributed by atoms with van der Waals surface area (Å²) in [5.74, 6) is 1.94. The van der Waals surface area contributed by atoms with Crippen molar-refractivity contribution in [2.24, 2.45) is 5.92 Å². The van der Waals surface area contributed by atoms with Gasteiger partial charge in [-0.1, -0.05) is 49.0 Å². The molecule has 1 saturated heterocycles. The van der Waals surface area contributed by atoms with E-state index in [-0.39, 0.29) is 5.91 Å². The monoisotopic (exact) mass is 407 g/mol. The van der Waals surface area contributed by atoms with Crippen LogP contribution in [0.5, 0.6) is 0 Å². The molecule has 0 saturated carbocycles. The number of pyridine rings is 1. The number of thioether (sulfide) groups is 1. The van der Waals surface area contributed by atoms with E-state index in [9.17, 15) is 4.79 Å². The first-order valence-electron chi connectivity index (χ1n) is 9.99. The molecule has 1 atom stereocenters. The maximum Gasteiger partial charge on any atom is 0.233 e. The van der Waals surface area contributed by atoms with Crippen LogP contribution in [0.1, 0.15) is 25.3 Å². The number of hydrogen-bond acceptors (Lipinski definition) is 5. The van der Waals surface area contributed by atoms with Crippen molar-refractivity contribution in [1.29, 1.82) is 0 Å². The van der Waals surface area contributed by atoms with E-state index in [1.165, 1.54) is 23.7 Å². The van der Waals surface area contributed by atoms with Crippen LogP contribution >= 0.6 is 11.8 Å². The van der Waals surface area contributed by atoms with Gasteiger partial charge in [-0.3, -0.25) is 14.3 Å². The lowest BCUT2D eigenvalue weighted by atomic mass is 10.0. The third-order valence-electron chi connectivity index (χ3n) is 5.17. The molecule has 7 heteroatoms. The number of rotatable bonds is 6. The SMILES string of the molecule is C[C@H]1CCCN(C(=O)CSc2nnc(-c3ccncc3)n2Cc2ccccc2)C1. The van der Waals surface area contributed by atoms with E-state index in [2.05, 4.69) is 38.8 Å². The lowest BCUT2D eigenvalue weighted by Gasteiger charge is -2.30. The Morgan fingerprint density at radius 2 is 1.93 bits per heavy atom. The summed E-state index contributed by atoms with van der Waals surface area (Å²) in [5, 5.41) is 9.59. The van der Waals surface area contributed by atoms with Gasteiger partial charge in [-0.25, -0.2) is 0 Å². The summed E-state index contributed by atoms with van der Waals surface area (Å²) in [6, 6.07) is 14.1. The molecular formula is C22H25N5OS. The topological polar surface area (TPSA) is 63.9 Å². The molecule has 1 aliphatic rings. The molecule has 4 rings (SSSR count). The van der Waals surface area contributed by atoms with Crippen LogP contribution in [0, 0.1) is 5.92 Å². The number of aromatic nitrogens is 4. The zero-order chi connectivity index (χ0) is 20.1. The Morgan fingerprint density at radius 1 is 1.14 bits per heavy atom. The number of nitrogens with zero attached hydrogens (tertiary/aromatic N) is 5. The van der Waals surface area contributed by atoms with E-state index in [1.807, 2.05) is 35.2 Å². The van der Waals surface area contributed by atoms with Gasteiger partial charge >= 0.3 is 0 Å². The van der Waals surface area contributed by atoms with Crippen LogP contribution in [0.2, 0.25) is 0 Å². The number of piperidine rings is 1. The van der Waals surface area contributed by atoms with E-state index in [0.717, 1.165) is 36.1 Å². The minimum atomic E-state index is 0.182. The maximum absolute atomic E-state index is 12.7. The second-order valence-electron chi connectivity index (χ2n) is 7.49. The first kappa shape index (κ1) is 19.6. The highest BCUT2D eigenvalue weighted by Crippen LogP contribution is 2.26. The van der Waals surface area contributed by atoms with Crippen molar-refractivity contribution in [3.05, 3.63) is 60.4 Å². The minimum absolute atomic E-state index is 0.182. The Hall–Kier alpha value is -2.67. The van der Waals surface area contributed by atoms with E-state index in [1.54, 1.807) is 12.4 Å². The average Bonchev–Trinajstić information content (AvgIpc) is 3.15. The van der Waals surface area contributed by atoms with Crippen LogP contribution in [-0.2, 0) is 11.3 Å². The van der Waals surface area contributed by atoms with Gasteiger partial charge in [0.1, 0.15) is 0 Å². The normalized spacial score (nSPS) is 16.7. The van der Waals surface area contributed by atoms with Crippen LogP contribution in [0.25, 0.3) is 11.4 Å². The Kier molecular flexibility index (Phi) is 6.24. The lowest BCUT2D eigenvalue weighted by molar-refractivity contribution is -0.130. The molecule has 2 aromatic heterocycles. The minimum Gasteiger partial charge on any atom is -0.342 e. The molecule has 1 aliphatic heterocycles. The fourth-order valence-electron chi connectivity index (χ4n) is 3.65. The Bertz CT molecular complexity index is 944. The predicted octanol–water partition coefficient (Wildman–Crippen LogP) is 3.74. The van der Waals surface area contributed by atoms with Crippen molar-refractivity contribution >= 4 is 17.7 Å². The molecular weight excluding hydrogens is 382 g/mol.